The Morgan fingerprint density at radius 2 is 1.93 bits per heavy atom. The second-order valence-corrected chi connectivity index (χ2v) is 5.33. The van der Waals surface area contributed by atoms with E-state index in [0.717, 1.165) is 24.4 Å². The highest BCUT2D eigenvalue weighted by Gasteiger charge is 2.28. The second kappa shape index (κ2) is 6.49. The molecule has 2 unspecified atom stereocenters. The number of hydrogen-bond acceptors (Lipinski definition) is 2. The van der Waals surface area contributed by atoms with Crippen molar-refractivity contribution >= 4 is 0 Å². The van der Waals surface area contributed by atoms with Crippen molar-refractivity contribution < 1.29 is 0 Å². The highest BCUT2D eigenvalue weighted by atomic mass is 15.2. The molecule has 1 rings (SSSR count). The first-order valence-corrected chi connectivity index (χ1v) is 6.63. The van der Waals surface area contributed by atoms with Crippen molar-refractivity contribution in [2.75, 3.05) is 19.6 Å². The van der Waals surface area contributed by atoms with Gasteiger partial charge >= 0.3 is 0 Å². The van der Waals surface area contributed by atoms with Crippen molar-refractivity contribution in [3.05, 3.63) is 0 Å². The Hall–Kier alpha value is -0.0800. The molecule has 0 aliphatic heterocycles. The third kappa shape index (κ3) is 3.76. The summed E-state index contributed by atoms with van der Waals surface area (Å²) in [6, 6.07) is 0.760. The largest absolute Gasteiger partial charge is 0.330 e. The van der Waals surface area contributed by atoms with Crippen LogP contribution in [0.15, 0.2) is 0 Å². The van der Waals surface area contributed by atoms with Crippen LogP contribution in [0.25, 0.3) is 0 Å². The molecule has 0 aromatic rings. The van der Waals surface area contributed by atoms with Gasteiger partial charge in [-0.2, -0.15) is 0 Å². The Labute approximate surface area is 95.2 Å². The minimum absolute atomic E-state index is 0.748. The van der Waals surface area contributed by atoms with E-state index in [1.165, 1.54) is 38.8 Å². The fraction of sp³-hybridized carbons (Fsp3) is 1.00. The van der Waals surface area contributed by atoms with Crippen LogP contribution >= 0.6 is 0 Å². The lowest BCUT2D eigenvalue weighted by Crippen LogP contribution is -2.46. The second-order valence-electron chi connectivity index (χ2n) is 5.33. The van der Waals surface area contributed by atoms with Gasteiger partial charge in [0.1, 0.15) is 0 Å². The van der Waals surface area contributed by atoms with Gasteiger partial charge in [-0.1, -0.05) is 33.6 Å². The molecule has 90 valence electrons. The molecule has 0 aromatic carbocycles. The van der Waals surface area contributed by atoms with E-state index in [-0.39, 0.29) is 0 Å². The van der Waals surface area contributed by atoms with Crippen molar-refractivity contribution in [3.63, 3.8) is 0 Å². The Bertz CT molecular complexity index is 168. The van der Waals surface area contributed by atoms with Crippen LogP contribution in [-0.4, -0.2) is 30.6 Å². The zero-order valence-electron chi connectivity index (χ0n) is 10.7. The lowest BCUT2D eigenvalue weighted by Gasteiger charge is -2.40. The van der Waals surface area contributed by atoms with Gasteiger partial charge < -0.3 is 10.6 Å². The van der Waals surface area contributed by atoms with Crippen LogP contribution in [0.4, 0.5) is 0 Å². The Balaban J connectivity index is 2.55. The Morgan fingerprint density at radius 1 is 1.27 bits per heavy atom. The normalized spacial score (nSPS) is 27.6. The molecule has 0 spiro atoms. The van der Waals surface area contributed by atoms with Crippen LogP contribution in [0.1, 0.15) is 46.5 Å². The molecule has 0 radical (unpaired) electrons. The highest BCUT2D eigenvalue weighted by molar-refractivity contribution is 4.83. The molecule has 2 N–H and O–H groups in total. The summed E-state index contributed by atoms with van der Waals surface area (Å²) in [5.41, 5.74) is 5.89. The molecule has 0 amide bonds. The van der Waals surface area contributed by atoms with E-state index >= 15 is 0 Å². The maximum absolute atomic E-state index is 5.89. The van der Waals surface area contributed by atoms with Gasteiger partial charge in [0.2, 0.25) is 0 Å². The molecule has 2 nitrogen and oxygen atoms in total. The van der Waals surface area contributed by atoms with Crippen LogP contribution in [0.3, 0.4) is 0 Å². The standard InChI is InChI=1S/C13H28N2/c1-4-15(10-11(2)3)13-8-6-5-7-12(13)9-14/h11-13H,4-10,14H2,1-3H3. The van der Waals surface area contributed by atoms with Gasteiger partial charge in [-0.25, -0.2) is 0 Å². The predicted molar refractivity (Wildman–Crippen MR) is 66.9 cm³/mol. The van der Waals surface area contributed by atoms with Crippen molar-refractivity contribution in [1.82, 2.24) is 4.90 Å². The summed E-state index contributed by atoms with van der Waals surface area (Å²) < 4.78 is 0. The summed E-state index contributed by atoms with van der Waals surface area (Å²) in [6.07, 6.45) is 5.49. The molecule has 0 saturated heterocycles. The first-order chi connectivity index (χ1) is 7.19. The number of rotatable bonds is 5. The van der Waals surface area contributed by atoms with E-state index in [2.05, 4.69) is 25.7 Å². The van der Waals surface area contributed by atoms with E-state index in [1.54, 1.807) is 0 Å². The summed E-state index contributed by atoms with van der Waals surface area (Å²) in [5, 5.41) is 0. The molecule has 1 aliphatic carbocycles. The van der Waals surface area contributed by atoms with Crippen LogP contribution in [0, 0.1) is 11.8 Å². The molecule has 0 aromatic heterocycles. The van der Waals surface area contributed by atoms with Crippen LogP contribution in [-0.2, 0) is 0 Å². The summed E-state index contributed by atoms with van der Waals surface area (Å²) in [7, 11) is 0. The van der Waals surface area contributed by atoms with Gasteiger partial charge in [-0.05, 0) is 37.8 Å². The average Bonchev–Trinajstić information content (AvgIpc) is 2.25. The van der Waals surface area contributed by atoms with Gasteiger partial charge in [0.15, 0.2) is 0 Å². The quantitative estimate of drug-likeness (QED) is 0.758. The van der Waals surface area contributed by atoms with Crippen molar-refractivity contribution in [3.8, 4) is 0 Å². The zero-order valence-corrected chi connectivity index (χ0v) is 10.7. The highest BCUT2D eigenvalue weighted by Crippen LogP contribution is 2.28. The Kier molecular flexibility index (Phi) is 5.62. The fourth-order valence-corrected chi connectivity index (χ4v) is 2.91. The lowest BCUT2D eigenvalue weighted by atomic mass is 9.83. The van der Waals surface area contributed by atoms with Gasteiger partial charge in [0, 0.05) is 12.6 Å². The summed E-state index contributed by atoms with van der Waals surface area (Å²) in [6.45, 7) is 10.2. The van der Waals surface area contributed by atoms with Crippen molar-refractivity contribution in [2.24, 2.45) is 17.6 Å². The Morgan fingerprint density at radius 3 is 2.47 bits per heavy atom. The maximum atomic E-state index is 5.89. The molecule has 15 heavy (non-hydrogen) atoms. The SMILES string of the molecule is CCN(CC(C)C)C1CCCCC1CN. The van der Waals surface area contributed by atoms with Crippen LogP contribution < -0.4 is 5.73 Å². The third-order valence-corrected chi connectivity index (χ3v) is 3.65. The molecule has 2 heteroatoms. The maximum Gasteiger partial charge on any atom is 0.0135 e. The zero-order chi connectivity index (χ0) is 11.3. The third-order valence-electron chi connectivity index (χ3n) is 3.65. The molecule has 0 bridgehead atoms. The van der Waals surface area contributed by atoms with Gasteiger partial charge in [-0.3, -0.25) is 0 Å². The molecule has 1 saturated carbocycles. The molecular formula is C13H28N2. The minimum atomic E-state index is 0.748. The first-order valence-electron chi connectivity index (χ1n) is 6.63. The smallest absolute Gasteiger partial charge is 0.0135 e. The van der Waals surface area contributed by atoms with E-state index < -0.39 is 0 Å². The van der Waals surface area contributed by atoms with Gasteiger partial charge in [-0.15, -0.1) is 0 Å². The van der Waals surface area contributed by atoms with Crippen LogP contribution in [0.2, 0.25) is 0 Å². The fourth-order valence-electron chi connectivity index (χ4n) is 2.91. The topological polar surface area (TPSA) is 29.3 Å². The van der Waals surface area contributed by atoms with Gasteiger partial charge in [0.05, 0.1) is 0 Å². The molecule has 0 heterocycles. The summed E-state index contributed by atoms with van der Waals surface area (Å²) >= 11 is 0. The first kappa shape index (κ1) is 13.0. The molecule has 1 aliphatic rings. The average molecular weight is 212 g/mol. The summed E-state index contributed by atoms with van der Waals surface area (Å²) in [5.74, 6) is 1.52. The molecule has 2 atom stereocenters. The number of nitrogens with zero attached hydrogens (tertiary/aromatic N) is 1. The van der Waals surface area contributed by atoms with Gasteiger partial charge in [0.25, 0.3) is 0 Å². The summed E-state index contributed by atoms with van der Waals surface area (Å²) in [4.78, 5) is 2.65. The van der Waals surface area contributed by atoms with E-state index in [4.69, 9.17) is 5.73 Å². The monoisotopic (exact) mass is 212 g/mol. The minimum Gasteiger partial charge on any atom is -0.330 e. The van der Waals surface area contributed by atoms with E-state index in [9.17, 15) is 0 Å². The van der Waals surface area contributed by atoms with E-state index in [0.29, 0.717) is 0 Å². The lowest BCUT2D eigenvalue weighted by molar-refractivity contribution is 0.100. The van der Waals surface area contributed by atoms with Crippen LogP contribution in [0.5, 0.6) is 0 Å². The van der Waals surface area contributed by atoms with Crippen molar-refractivity contribution in [2.45, 2.75) is 52.5 Å². The molecular weight excluding hydrogens is 184 g/mol. The predicted octanol–water partition coefficient (Wildman–Crippen LogP) is 2.48. The number of nitrogens with two attached hydrogens (primary N) is 1. The molecule has 1 fully saturated rings. The number of hydrogen-bond donors (Lipinski definition) is 1. The van der Waals surface area contributed by atoms with E-state index in [1.807, 2.05) is 0 Å². The van der Waals surface area contributed by atoms with Crippen molar-refractivity contribution in [1.29, 1.82) is 0 Å².